The number of nitrogens with one attached hydrogen (secondary N) is 3. The highest BCUT2D eigenvalue weighted by molar-refractivity contribution is 5.87. The Morgan fingerprint density at radius 3 is 2.83 bits per heavy atom. The van der Waals surface area contributed by atoms with E-state index in [-0.39, 0.29) is 6.04 Å². The van der Waals surface area contributed by atoms with E-state index in [1.807, 2.05) is 37.5 Å². The number of hydrogen-bond donors (Lipinski definition) is 4. The minimum atomic E-state index is -3.09. The number of nitrogens with zero attached hydrogens (tertiary/aromatic N) is 1. The molecule has 0 amide bonds. The van der Waals surface area contributed by atoms with Gasteiger partial charge in [-0.2, -0.15) is 5.10 Å². The average molecular weight is 334 g/mol. The number of rotatable bonds is 7. The number of aliphatic hydroxyl groups is 1. The molecule has 3 rings (SSSR count). The zero-order chi connectivity index (χ0) is 17.2. The molecule has 1 aromatic carbocycles. The second-order valence-corrected chi connectivity index (χ2v) is 6.06. The van der Waals surface area contributed by atoms with Gasteiger partial charge in [0.2, 0.25) is 0 Å². The third-order valence-electron chi connectivity index (χ3n) is 4.07. The summed E-state index contributed by atoms with van der Waals surface area (Å²) in [6.45, 7) is 0.181. The van der Waals surface area contributed by atoms with E-state index >= 15 is 0 Å². The topological polar surface area (TPSA) is 76.7 Å². The number of aliphatic hydroxyl groups excluding tert-OH is 1. The van der Waals surface area contributed by atoms with Crippen molar-refractivity contribution in [1.82, 2.24) is 20.5 Å². The van der Waals surface area contributed by atoms with Crippen LogP contribution >= 0.6 is 0 Å². The van der Waals surface area contributed by atoms with Gasteiger partial charge in [0, 0.05) is 34.9 Å². The second-order valence-electron chi connectivity index (χ2n) is 6.06. The Balaban J connectivity index is 1.71. The molecule has 4 N–H and O–H groups in total. The molecule has 1 atom stereocenters. The molecule has 0 saturated carbocycles. The van der Waals surface area contributed by atoms with Crippen LogP contribution in [0.4, 0.5) is 8.78 Å². The van der Waals surface area contributed by atoms with Crippen LogP contribution in [-0.2, 0) is 6.42 Å². The van der Waals surface area contributed by atoms with Gasteiger partial charge in [-0.05, 0) is 30.5 Å². The van der Waals surface area contributed by atoms with E-state index in [0.29, 0.717) is 6.42 Å². The zero-order valence-corrected chi connectivity index (χ0v) is 13.3. The number of aromatic nitrogens is 3. The van der Waals surface area contributed by atoms with Gasteiger partial charge in [-0.15, -0.1) is 0 Å². The first-order valence-electron chi connectivity index (χ1n) is 7.80. The predicted octanol–water partition coefficient (Wildman–Crippen LogP) is 2.71. The van der Waals surface area contributed by atoms with Crippen LogP contribution in [0, 0.1) is 0 Å². The summed E-state index contributed by atoms with van der Waals surface area (Å²) in [4.78, 5) is 3.23. The van der Waals surface area contributed by atoms with Crippen molar-refractivity contribution in [2.45, 2.75) is 25.3 Å². The van der Waals surface area contributed by atoms with Crippen LogP contribution in [0.5, 0.6) is 0 Å². The summed E-state index contributed by atoms with van der Waals surface area (Å²) in [6.07, 6.45) is 6.12. The lowest BCUT2D eigenvalue weighted by Crippen LogP contribution is -2.40. The van der Waals surface area contributed by atoms with E-state index in [4.69, 9.17) is 5.11 Å². The fourth-order valence-corrected chi connectivity index (χ4v) is 2.72. The molecule has 24 heavy (non-hydrogen) atoms. The van der Waals surface area contributed by atoms with Crippen molar-refractivity contribution in [1.29, 1.82) is 0 Å². The predicted molar refractivity (Wildman–Crippen MR) is 89.1 cm³/mol. The minimum absolute atomic E-state index is 0.130. The monoisotopic (exact) mass is 334 g/mol. The third-order valence-corrected chi connectivity index (χ3v) is 4.07. The van der Waals surface area contributed by atoms with Crippen LogP contribution in [0.25, 0.3) is 22.0 Å². The largest absolute Gasteiger partial charge is 0.390 e. The highest BCUT2D eigenvalue weighted by Crippen LogP contribution is 2.26. The molecule has 7 heteroatoms. The average Bonchev–Trinajstić information content (AvgIpc) is 3.23. The minimum Gasteiger partial charge on any atom is -0.390 e. The van der Waals surface area contributed by atoms with Gasteiger partial charge < -0.3 is 15.4 Å². The maximum absolute atomic E-state index is 13.1. The Bertz CT molecular complexity index is 798. The van der Waals surface area contributed by atoms with Gasteiger partial charge in [0.15, 0.2) is 0 Å². The summed E-state index contributed by atoms with van der Waals surface area (Å²) in [5.74, 6) is -3.09. The number of alkyl halides is 2. The lowest BCUT2D eigenvalue weighted by atomic mass is 10.0. The lowest BCUT2D eigenvalue weighted by molar-refractivity contribution is -0.0490. The van der Waals surface area contributed by atoms with Crippen molar-refractivity contribution in [2.24, 2.45) is 0 Å². The number of hydrogen-bond acceptors (Lipinski definition) is 3. The summed E-state index contributed by atoms with van der Waals surface area (Å²) in [6, 6.07) is 5.96. The van der Waals surface area contributed by atoms with Gasteiger partial charge in [0.05, 0.1) is 12.7 Å². The van der Waals surface area contributed by atoms with Gasteiger partial charge in [0.25, 0.3) is 5.92 Å². The van der Waals surface area contributed by atoms with E-state index in [1.54, 1.807) is 6.20 Å². The van der Waals surface area contributed by atoms with E-state index in [2.05, 4.69) is 20.5 Å². The van der Waals surface area contributed by atoms with Crippen molar-refractivity contribution in [3.05, 3.63) is 42.4 Å². The van der Waals surface area contributed by atoms with E-state index in [9.17, 15) is 8.78 Å². The molecule has 0 aliphatic heterocycles. The van der Waals surface area contributed by atoms with Crippen molar-refractivity contribution >= 4 is 10.9 Å². The van der Waals surface area contributed by atoms with Crippen LogP contribution < -0.4 is 5.32 Å². The second kappa shape index (κ2) is 6.70. The number of halogens is 2. The third kappa shape index (κ3) is 3.63. The Morgan fingerprint density at radius 2 is 2.12 bits per heavy atom. The van der Waals surface area contributed by atoms with Crippen molar-refractivity contribution < 1.29 is 13.9 Å². The van der Waals surface area contributed by atoms with Crippen molar-refractivity contribution in [2.75, 3.05) is 13.2 Å². The Hall–Kier alpha value is -2.25. The molecule has 0 saturated heterocycles. The smallest absolute Gasteiger partial charge is 0.282 e. The number of aromatic amines is 2. The van der Waals surface area contributed by atoms with E-state index in [0.717, 1.165) is 27.6 Å². The molecule has 5 nitrogen and oxygen atoms in total. The summed E-state index contributed by atoms with van der Waals surface area (Å²) in [7, 11) is 0. The van der Waals surface area contributed by atoms with E-state index in [1.165, 1.54) is 0 Å². The standard InChI is InChI=1S/C17H20F2N4O/c1-11(21-9-17(18,19)10-24)4-13-6-20-16-5-12(2-3-15(13)16)14-7-22-23-8-14/h2-3,5-8,11,20-21,24H,4,9-10H2,1H3,(H,22,23). The lowest BCUT2D eigenvalue weighted by Gasteiger charge is -2.18. The van der Waals surface area contributed by atoms with Crippen LogP contribution in [0.15, 0.2) is 36.8 Å². The number of H-pyrrole nitrogens is 2. The van der Waals surface area contributed by atoms with Crippen LogP contribution in [0.1, 0.15) is 12.5 Å². The normalized spacial score (nSPS) is 13.5. The van der Waals surface area contributed by atoms with Gasteiger partial charge >= 0.3 is 0 Å². The summed E-state index contributed by atoms with van der Waals surface area (Å²) in [5.41, 5.74) is 4.13. The van der Waals surface area contributed by atoms with Crippen molar-refractivity contribution in [3.63, 3.8) is 0 Å². The Morgan fingerprint density at radius 1 is 1.29 bits per heavy atom. The highest BCUT2D eigenvalue weighted by Gasteiger charge is 2.27. The fourth-order valence-electron chi connectivity index (χ4n) is 2.72. The first-order valence-corrected chi connectivity index (χ1v) is 7.80. The SMILES string of the molecule is CC(Cc1c[nH]c2cc(-c3cn[nH]c3)ccc12)NCC(F)(F)CO. The summed E-state index contributed by atoms with van der Waals surface area (Å²) >= 11 is 0. The maximum atomic E-state index is 13.1. The molecule has 2 aromatic heterocycles. The van der Waals surface area contributed by atoms with Crippen LogP contribution in [0.3, 0.4) is 0 Å². The number of benzene rings is 1. The molecular weight excluding hydrogens is 314 g/mol. The Kier molecular flexibility index (Phi) is 4.64. The van der Waals surface area contributed by atoms with E-state index < -0.39 is 19.1 Å². The molecule has 0 radical (unpaired) electrons. The molecule has 0 aliphatic carbocycles. The van der Waals surface area contributed by atoms with Gasteiger partial charge in [-0.25, -0.2) is 8.78 Å². The first-order chi connectivity index (χ1) is 11.5. The molecule has 0 fully saturated rings. The quantitative estimate of drug-likeness (QED) is 0.537. The van der Waals surface area contributed by atoms with Crippen LogP contribution in [0.2, 0.25) is 0 Å². The number of fused-ring (bicyclic) bond motifs is 1. The molecule has 1 unspecified atom stereocenters. The van der Waals surface area contributed by atoms with Crippen molar-refractivity contribution in [3.8, 4) is 11.1 Å². The molecule has 0 aliphatic rings. The molecule has 2 heterocycles. The first kappa shape index (κ1) is 16.6. The van der Waals surface area contributed by atoms with Gasteiger partial charge in [0.1, 0.15) is 6.61 Å². The molecular formula is C17H20F2N4O. The van der Waals surface area contributed by atoms with Crippen LogP contribution in [-0.4, -0.2) is 45.4 Å². The maximum Gasteiger partial charge on any atom is 0.282 e. The zero-order valence-electron chi connectivity index (χ0n) is 13.3. The summed E-state index contributed by atoms with van der Waals surface area (Å²) in [5, 5.41) is 19.2. The molecule has 0 bridgehead atoms. The molecule has 128 valence electrons. The van der Waals surface area contributed by atoms with Gasteiger partial charge in [-0.1, -0.05) is 12.1 Å². The molecule has 0 spiro atoms. The Labute approximate surface area is 138 Å². The summed E-state index contributed by atoms with van der Waals surface area (Å²) < 4.78 is 26.2. The van der Waals surface area contributed by atoms with Gasteiger partial charge in [-0.3, -0.25) is 5.10 Å². The fraction of sp³-hybridized carbons (Fsp3) is 0.353. The highest BCUT2D eigenvalue weighted by atomic mass is 19.3. The molecule has 3 aromatic rings.